The maximum Gasteiger partial charge on any atom is 0.0906 e. The van der Waals surface area contributed by atoms with Crippen molar-refractivity contribution in [2.45, 2.75) is 18.3 Å². The fraction of sp³-hybridized carbons (Fsp3) is 0.571. The highest BCUT2D eigenvalue weighted by Crippen LogP contribution is 2.58. The molecule has 1 saturated heterocycles. The zero-order chi connectivity index (χ0) is 11.9. The highest BCUT2D eigenvalue weighted by Gasteiger charge is 2.60. The molecule has 1 aliphatic heterocycles. The quantitative estimate of drug-likeness (QED) is 0.823. The van der Waals surface area contributed by atoms with Crippen molar-refractivity contribution in [3.63, 3.8) is 0 Å². The molecule has 1 aliphatic carbocycles. The van der Waals surface area contributed by atoms with Gasteiger partial charge in [-0.2, -0.15) is 0 Å². The van der Waals surface area contributed by atoms with Gasteiger partial charge >= 0.3 is 0 Å². The Morgan fingerprint density at radius 2 is 2.12 bits per heavy atom. The topological polar surface area (TPSA) is 3.24 Å². The average Bonchev–Trinajstić information content (AvgIpc) is 2.91. The largest absolute Gasteiger partial charge is 0.302 e. The van der Waals surface area contributed by atoms with Gasteiger partial charge in [-0.25, -0.2) is 0 Å². The van der Waals surface area contributed by atoms with Crippen molar-refractivity contribution in [2.75, 3.05) is 26.3 Å². The molecule has 1 aromatic carbocycles. The Morgan fingerprint density at radius 1 is 1.35 bits per heavy atom. The van der Waals surface area contributed by atoms with E-state index in [0.717, 1.165) is 30.0 Å². The number of hydrogen-bond donors (Lipinski definition) is 0. The van der Waals surface area contributed by atoms with Gasteiger partial charge in [-0.05, 0) is 36.5 Å². The second-order valence-electron chi connectivity index (χ2n) is 5.34. The molecule has 1 heterocycles. The fourth-order valence-electron chi connectivity index (χ4n) is 3.27. The molecule has 2 atom stereocenters. The summed E-state index contributed by atoms with van der Waals surface area (Å²) in [4.78, 5) is 2.43. The van der Waals surface area contributed by atoms with E-state index in [-0.39, 0.29) is 6.67 Å². The van der Waals surface area contributed by atoms with Crippen LogP contribution in [0, 0.1) is 5.92 Å². The second kappa shape index (κ2) is 4.36. The Morgan fingerprint density at radius 3 is 2.82 bits per heavy atom. The molecule has 0 N–H and O–H groups in total. The third-order valence-electron chi connectivity index (χ3n) is 4.24. The predicted molar refractivity (Wildman–Crippen MR) is 71.0 cm³/mol. The van der Waals surface area contributed by atoms with Gasteiger partial charge in [0.15, 0.2) is 0 Å². The van der Waals surface area contributed by atoms with E-state index < -0.39 is 0 Å². The maximum absolute atomic E-state index is 12.2. The molecular formula is C14H17BrFN. The number of rotatable bonds is 4. The third-order valence-corrected chi connectivity index (χ3v) is 4.77. The summed E-state index contributed by atoms with van der Waals surface area (Å²) >= 11 is 3.48. The number of hydrogen-bond acceptors (Lipinski definition) is 1. The van der Waals surface area contributed by atoms with Crippen LogP contribution in [0.5, 0.6) is 0 Å². The predicted octanol–water partition coefficient (Wildman–Crippen LogP) is 3.38. The van der Waals surface area contributed by atoms with E-state index in [4.69, 9.17) is 0 Å². The normalized spacial score (nSPS) is 31.5. The zero-order valence-corrected chi connectivity index (χ0v) is 11.4. The summed E-state index contributed by atoms with van der Waals surface area (Å²) in [6, 6.07) is 8.73. The van der Waals surface area contributed by atoms with Gasteiger partial charge in [0.25, 0.3) is 0 Å². The van der Waals surface area contributed by atoms with Crippen LogP contribution in [0.4, 0.5) is 4.39 Å². The van der Waals surface area contributed by atoms with E-state index in [1.165, 1.54) is 12.0 Å². The lowest BCUT2D eigenvalue weighted by Crippen LogP contribution is -2.27. The first kappa shape index (κ1) is 11.7. The summed E-state index contributed by atoms with van der Waals surface area (Å²) in [6.45, 7) is 3.02. The fourth-order valence-corrected chi connectivity index (χ4v) is 3.53. The number of halogens is 2. The van der Waals surface area contributed by atoms with E-state index in [1.54, 1.807) is 0 Å². The Bertz CT molecular complexity index is 405. The van der Waals surface area contributed by atoms with Crippen LogP contribution in [0.3, 0.4) is 0 Å². The summed E-state index contributed by atoms with van der Waals surface area (Å²) in [7, 11) is 0. The van der Waals surface area contributed by atoms with Crippen LogP contribution in [0.1, 0.15) is 18.4 Å². The lowest BCUT2D eigenvalue weighted by Gasteiger charge is -2.20. The first-order chi connectivity index (χ1) is 8.24. The highest BCUT2D eigenvalue weighted by atomic mass is 79.9. The Labute approximate surface area is 110 Å². The van der Waals surface area contributed by atoms with Crippen molar-refractivity contribution in [3.05, 3.63) is 34.3 Å². The van der Waals surface area contributed by atoms with Crippen LogP contribution in [-0.4, -0.2) is 31.2 Å². The van der Waals surface area contributed by atoms with Crippen LogP contribution in [0.2, 0.25) is 0 Å². The standard InChI is InChI=1S/C14H17BrFN/c15-13-4-2-11(3-5-13)14-8-12(14)9-17(10-14)7-1-6-16/h2-5,12H,1,6-10H2/t12-,14?/m1/s1. The molecule has 2 fully saturated rings. The lowest BCUT2D eigenvalue weighted by molar-refractivity contribution is 0.280. The minimum absolute atomic E-state index is 0.188. The zero-order valence-electron chi connectivity index (χ0n) is 9.83. The van der Waals surface area contributed by atoms with Crippen LogP contribution >= 0.6 is 15.9 Å². The molecule has 92 valence electrons. The molecule has 0 spiro atoms. The molecular weight excluding hydrogens is 281 g/mol. The van der Waals surface area contributed by atoms with Crippen molar-refractivity contribution in [1.82, 2.24) is 4.90 Å². The van der Waals surface area contributed by atoms with Crippen molar-refractivity contribution in [2.24, 2.45) is 5.92 Å². The molecule has 2 aliphatic rings. The average molecular weight is 298 g/mol. The number of benzene rings is 1. The van der Waals surface area contributed by atoms with E-state index in [2.05, 4.69) is 45.1 Å². The Balaban J connectivity index is 1.71. The summed E-state index contributed by atoms with van der Waals surface area (Å²) in [5.74, 6) is 0.809. The first-order valence-electron chi connectivity index (χ1n) is 6.29. The summed E-state index contributed by atoms with van der Waals surface area (Å²) in [5, 5.41) is 0. The van der Waals surface area contributed by atoms with Gasteiger partial charge in [-0.1, -0.05) is 28.1 Å². The molecule has 17 heavy (non-hydrogen) atoms. The van der Waals surface area contributed by atoms with Crippen LogP contribution in [0.15, 0.2) is 28.7 Å². The molecule has 0 amide bonds. The van der Waals surface area contributed by atoms with Crippen LogP contribution in [-0.2, 0) is 5.41 Å². The maximum atomic E-state index is 12.2. The van der Waals surface area contributed by atoms with Gasteiger partial charge in [-0.15, -0.1) is 0 Å². The summed E-state index contributed by atoms with van der Waals surface area (Å²) in [6.07, 6.45) is 2.00. The minimum atomic E-state index is -0.188. The van der Waals surface area contributed by atoms with Gasteiger partial charge in [0.05, 0.1) is 6.67 Å². The molecule has 1 unspecified atom stereocenters. The highest BCUT2D eigenvalue weighted by molar-refractivity contribution is 9.10. The summed E-state index contributed by atoms with van der Waals surface area (Å²) in [5.41, 5.74) is 1.87. The van der Waals surface area contributed by atoms with Crippen molar-refractivity contribution >= 4 is 15.9 Å². The van der Waals surface area contributed by atoms with Gasteiger partial charge in [0.1, 0.15) is 0 Å². The molecule has 0 aromatic heterocycles. The van der Waals surface area contributed by atoms with E-state index in [9.17, 15) is 4.39 Å². The smallest absolute Gasteiger partial charge is 0.0906 e. The SMILES string of the molecule is FCCCN1C[C@H]2CC2(c2ccc(Br)cc2)C1. The molecule has 3 heteroatoms. The van der Waals surface area contributed by atoms with Gasteiger partial charge in [0, 0.05) is 29.5 Å². The molecule has 1 saturated carbocycles. The van der Waals surface area contributed by atoms with Crippen molar-refractivity contribution in [3.8, 4) is 0 Å². The number of fused-ring (bicyclic) bond motifs is 1. The van der Waals surface area contributed by atoms with E-state index in [1.807, 2.05) is 0 Å². The summed E-state index contributed by atoms with van der Waals surface area (Å²) < 4.78 is 13.3. The lowest BCUT2D eigenvalue weighted by atomic mass is 9.95. The van der Waals surface area contributed by atoms with Gasteiger partial charge < -0.3 is 4.90 Å². The number of nitrogens with zero attached hydrogens (tertiary/aromatic N) is 1. The second-order valence-corrected chi connectivity index (χ2v) is 6.26. The number of alkyl halides is 1. The molecule has 1 aromatic rings. The van der Waals surface area contributed by atoms with Gasteiger partial charge in [-0.3, -0.25) is 4.39 Å². The molecule has 1 nitrogen and oxygen atoms in total. The van der Waals surface area contributed by atoms with E-state index in [0.29, 0.717) is 11.8 Å². The number of likely N-dealkylation sites (tertiary alicyclic amines) is 1. The van der Waals surface area contributed by atoms with Crippen LogP contribution < -0.4 is 0 Å². The molecule has 3 rings (SSSR count). The van der Waals surface area contributed by atoms with Crippen molar-refractivity contribution < 1.29 is 4.39 Å². The van der Waals surface area contributed by atoms with Crippen molar-refractivity contribution in [1.29, 1.82) is 0 Å². The van der Waals surface area contributed by atoms with E-state index >= 15 is 0 Å². The van der Waals surface area contributed by atoms with Crippen LogP contribution in [0.25, 0.3) is 0 Å². The first-order valence-corrected chi connectivity index (χ1v) is 7.08. The third kappa shape index (κ3) is 2.04. The molecule has 0 bridgehead atoms. The molecule has 0 radical (unpaired) electrons. The Hall–Kier alpha value is -0.410. The van der Waals surface area contributed by atoms with Gasteiger partial charge in [0.2, 0.25) is 0 Å². The number of piperidine rings is 1. The Kier molecular flexibility index (Phi) is 2.99. The monoisotopic (exact) mass is 297 g/mol. The minimum Gasteiger partial charge on any atom is -0.302 e.